The van der Waals surface area contributed by atoms with Crippen molar-refractivity contribution in [3.05, 3.63) is 18.2 Å². The fourth-order valence-corrected chi connectivity index (χ4v) is 2.65. The van der Waals surface area contributed by atoms with Crippen LogP contribution in [-0.4, -0.2) is 12.2 Å². The molecule has 0 heterocycles. The van der Waals surface area contributed by atoms with Crippen molar-refractivity contribution in [2.24, 2.45) is 5.41 Å². The number of rotatable bonds is 4. The van der Waals surface area contributed by atoms with Gasteiger partial charge < -0.3 is 15.2 Å². The first-order valence-corrected chi connectivity index (χ1v) is 7.59. The van der Waals surface area contributed by atoms with Gasteiger partial charge in [0.05, 0.1) is 12.2 Å². The van der Waals surface area contributed by atoms with E-state index >= 15 is 0 Å². The summed E-state index contributed by atoms with van der Waals surface area (Å²) < 4.78 is 11.8. The third kappa shape index (κ3) is 3.81. The zero-order valence-electron chi connectivity index (χ0n) is 13.1. The summed E-state index contributed by atoms with van der Waals surface area (Å²) in [4.78, 5) is 0. The number of nitrogen functional groups attached to an aromatic ring is 1. The molecule has 0 aromatic heterocycles. The molecule has 1 aromatic carbocycles. The summed E-state index contributed by atoms with van der Waals surface area (Å²) >= 11 is 0. The molecule has 0 unspecified atom stereocenters. The van der Waals surface area contributed by atoms with E-state index < -0.39 is 0 Å². The third-order valence-corrected chi connectivity index (χ3v) is 3.97. The molecular weight excluding hydrogens is 250 g/mol. The van der Waals surface area contributed by atoms with Gasteiger partial charge in [-0.15, -0.1) is 0 Å². The Labute approximate surface area is 122 Å². The Morgan fingerprint density at radius 3 is 2.35 bits per heavy atom. The number of hydrogen-bond donors (Lipinski definition) is 1. The molecule has 1 saturated carbocycles. The van der Waals surface area contributed by atoms with Gasteiger partial charge in [0.15, 0.2) is 0 Å². The molecule has 0 spiro atoms. The van der Waals surface area contributed by atoms with Gasteiger partial charge in [-0.3, -0.25) is 0 Å². The van der Waals surface area contributed by atoms with Crippen molar-refractivity contribution in [1.82, 2.24) is 0 Å². The van der Waals surface area contributed by atoms with Crippen LogP contribution in [0.15, 0.2) is 18.2 Å². The Bertz CT molecular complexity index is 444. The molecule has 0 radical (unpaired) electrons. The lowest BCUT2D eigenvalue weighted by Gasteiger charge is -2.34. The summed E-state index contributed by atoms with van der Waals surface area (Å²) in [6.07, 6.45) is 5.01. The first-order valence-electron chi connectivity index (χ1n) is 7.59. The van der Waals surface area contributed by atoms with Crippen LogP contribution in [-0.2, 0) is 0 Å². The van der Waals surface area contributed by atoms with Crippen LogP contribution >= 0.6 is 0 Å². The molecule has 1 aromatic rings. The minimum Gasteiger partial charge on any atom is -0.489 e. The monoisotopic (exact) mass is 277 g/mol. The van der Waals surface area contributed by atoms with E-state index in [1.165, 1.54) is 12.8 Å². The Hall–Kier alpha value is -1.38. The van der Waals surface area contributed by atoms with Gasteiger partial charge in [-0.05, 0) is 57.1 Å². The lowest BCUT2D eigenvalue weighted by Crippen LogP contribution is -2.28. The summed E-state index contributed by atoms with van der Waals surface area (Å²) in [6.45, 7) is 8.65. The number of hydrogen-bond acceptors (Lipinski definition) is 3. The van der Waals surface area contributed by atoms with E-state index in [1.807, 2.05) is 32.0 Å². The van der Waals surface area contributed by atoms with Gasteiger partial charge in [0.25, 0.3) is 0 Å². The van der Waals surface area contributed by atoms with Crippen molar-refractivity contribution >= 4 is 5.69 Å². The zero-order valence-corrected chi connectivity index (χ0v) is 13.1. The van der Waals surface area contributed by atoms with Gasteiger partial charge in [-0.2, -0.15) is 0 Å². The number of nitrogens with two attached hydrogens (primary N) is 1. The van der Waals surface area contributed by atoms with Gasteiger partial charge in [0.1, 0.15) is 17.2 Å². The summed E-state index contributed by atoms with van der Waals surface area (Å²) in [5.41, 5.74) is 7.22. The molecule has 3 heteroatoms. The summed E-state index contributed by atoms with van der Waals surface area (Å²) in [6, 6.07) is 5.77. The number of para-hydroxylation sites is 1. The molecule has 2 rings (SSSR count). The van der Waals surface area contributed by atoms with E-state index in [4.69, 9.17) is 15.2 Å². The first-order chi connectivity index (χ1) is 9.37. The molecule has 2 N–H and O–H groups in total. The lowest BCUT2D eigenvalue weighted by atomic mass is 9.76. The van der Waals surface area contributed by atoms with E-state index in [1.54, 1.807) is 0 Å². The molecule has 3 nitrogen and oxygen atoms in total. The Balaban J connectivity index is 2.03. The minimum atomic E-state index is 0.114. The van der Waals surface area contributed by atoms with Gasteiger partial charge in [-0.25, -0.2) is 0 Å². The number of benzene rings is 1. The molecular formula is C17H27NO2. The molecule has 20 heavy (non-hydrogen) atoms. The predicted octanol–water partition coefficient (Wildman–Crippen LogP) is 4.40. The SMILES string of the molecule is CC(C)Oc1cccc(OC2CCC(C)(C)CC2)c1N. The van der Waals surface area contributed by atoms with Gasteiger partial charge in [0.2, 0.25) is 0 Å². The quantitative estimate of drug-likeness (QED) is 0.829. The average molecular weight is 277 g/mol. The fraction of sp³-hybridized carbons (Fsp3) is 0.647. The molecule has 0 atom stereocenters. The Kier molecular flexibility index (Phi) is 4.46. The maximum absolute atomic E-state index is 6.15. The third-order valence-electron chi connectivity index (χ3n) is 3.97. The number of ether oxygens (including phenoxy) is 2. The van der Waals surface area contributed by atoms with Crippen LogP contribution in [0.3, 0.4) is 0 Å². The van der Waals surface area contributed by atoms with Crippen molar-refractivity contribution in [3.63, 3.8) is 0 Å². The maximum Gasteiger partial charge on any atom is 0.146 e. The van der Waals surface area contributed by atoms with E-state index in [0.717, 1.165) is 18.6 Å². The highest BCUT2D eigenvalue weighted by molar-refractivity contribution is 5.62. The fourth-order valence-electron chi connectivity index (χ4n) is 2.65. The van der Waals surface area contributed by atoms with Crippen LogP contribution in [0.4, 0.5) is 5.69 Å². The van der Waals surface area contributed by atoms with Gasteiger partial charge >= 0.3 is 0 Å². The van der Waals surface area contributed by atoms with Crippen LogP contribution < -0.4 is 15.2 Å². The van der Waals surface area contributed by atoms with Gasteiger partial charge in [-0.1, -0.05) is 19.9 Å². The van der Waals surface area contributed by atoms with E-state index in [0.29, 0.717) is 16.9 Å². The topological polar surface area (TPSA) is 44.5 Å². The molecule has 0 amide bonds. The van der Waals surface area contributed by atoms with E-state index in [9.17, 15) is 0 Å². The highest BCUT2D eigenvalue weighted by Crippen LogP contribution is 2.39. The normalized spacial score (nSPS) is 19.1. The molecule has 0 bridgehead atoms. The molecule has 112 valence electrons. The van der Waals surface area contributed by atoms with Crippen molar-refractivity contribution in [3.8, 4) is 11.5 Å². The van der Waals surface area contributed by atoms with Crippen molar-refractivity contribution in [2.75, 3.05) is 5.73 Å². The predicted molar refractivity (Wildman–Crippen MR) is 83.3 cm³/mol. The lowest BCUT2D eigenvalue weighted by molar-refractivity contribution is 0.0990. The molecule has 1 fully saturated rings. The standard InChI is InChI=1S/C17H27NO2/c1-12(2)19-14-6-5-7-15(16(14)18)20-13-8-10-17(3,4)11-9-13/h5-7,12-13H,8-11,18H2,1-4H3. The second-order valence-electron chi connectivity index (χ2n) is 6.82. The van der Waals surface area contributed by atoms with Crippen molar-refractivity contribution in [2.45, 2.75) is 65.6 Å². The Morgan fingerprint density at radius 1 is 1.15 bits per heavy atom. The zero-order chi connectivity index (χ0) is 14.8. The molecule has 0 saturated heterocycles. The van der Waals surface area contributed by atoms with Gasteiger partial charge in [0, 0.05) is 0 Å². The summed E-state index contributed by atoms with van der Waals surface area (Å²) in [7, 11) is 0. The van der Waals surface area contributed by atoms with Crippen molar-refractivity contribution < 1.29 is 9.47 Å². The largest absolute Gasteiger partial charge is 0.489 e. The molecule has 0 aliphatic heterocycles. The summed E-state index contributed by atoms with van der Waals surface area (Å²) in [5, 5.41) is 0. The highest BCUT2D eigenvalue weighted by Gasteiger charge is 2.28. The maximum atomic E-state index is 6.15. The second kappa shape index (κ2) is 5.94. The molecule has 1 aliphatic rings. The smallest absolute Gasteiger partial charge is 0.146 e. The van der Waals surface area contributed by atoms with Crippen LogP contribution in [0.5, 0.6) is 11.5 Å². The van der Waals surface area contributed by atoms with Crippen LogP contribution in [0.1, 0.15) is 53.4 Å². The number of anilines is 1. The molecule has 1 aliphatic carbocycles. The van der Waals surface area contributed by atoms with Crippen molar-refractivity contribution in [1.29, 1.82) is 0 Å². The summed E-state index contributed by atoms with van der Waals surface area (Å²) in [5.74, 6) is 1.47. The van der Waals surface area contributed by atoms with Crippen LogP contribution in [0.25, 0.3) is 0 Å². The Morgan fingerprint density at radius 2 is 1.75 bits per heavy atom. The highest BCUT2D eigenvalue weighted by atomic mass is 16.5. The second-order valence-corrected chi connectivity index (χ2v) is 6.82. The van der Waals surface area contributed by atoms with E-state index in [2.05, 4.69) is 13.8 Å². The van der Waals surface area contributed by atoms with E-state index in [-0.39, 0.29) is 12.2 Å². The minimum absolute atomic E-state index is 0.114. The van der Waals surface area contributed by atoms with Crippen LogP contribution in [0.2, 0.25) is 0 Å². The first kappa shape index (κ1) is 15.0. The van der Waals surface area contributed by atoms with Crippen LogP contribution in [0, 0.1) is 5.41 Å². The average Bonchev–Trinajstić information content (AvgIpc) is 2.36.